The lowest BCUT2D eigenvalue weighted by molar-refractivity contribution is -0.386. The minimum absolute atomic E-state index is 0.0130. The van der Waals surface area contributed by atoms with Crippen LogP contribution in [0, 0.1) is 15.5 Å². The topological polar surface area (TPSA) is 78.7 Å². The maximum absolute atomic E-state index is 11.4. The molecule has 1 unspecified atom stereocenters. The Bertz CT molecular complexity index is 834. The number of carbonyl (C=O) groups is 1. The number of carbonyl (C=O) groups excluding carboxylic acids is 1. The minimum atomic E-state index is -0.645. The van der Waals surface area contributed by atoms with Crippen molar-refractivity contribution in [2.24, 2.45) is 5.41 Å². The van der Waals surface area contributed by atoms with Crippen LogP contribution >= 0.6 is 0 Å². The molecule has 1 fully saturated rings. The smallest absolute Gasteiger partial charge is 0.407 e. The summed E-state index contributed by atoms with van der Waals surface area (Å²) >= 11 is 0. The van der Waals surface area contributed by atoms with E-state index in [0.29, 0.717) is 17.7 Å². The Morgan fingerprint density at radius 2 is 1.85 bits per heavy atom. The van der Waals surface area contributed by atoms with Crippen LogP contribution in [0.25, 0.3) is 0 Å². The van der Waals surface area contributed by atoms with Gasteiger partial charge in [-0.2, -0.15) is 0 Å². The predicted octanol–water partition coefficient (Wildman–Crippen LogP) is 3.31. The molecule has 1 aliphatic heterocycles. The van der Waals surface area contributed by atoms with Crippen molar-refractivity contribution in [1.82, 2.24) is 0 Å². The van der Waals surface area contributed by atoms with Crippen LogP contribution in [0.2, 0.25) is 0 Å². The number of nitro groups is 1. The van der Waals surface area contributed by atoms with E-state index in [4.69, 9.17) is 9.31 Å². The van der Waals surface area contributed by atoms with Crippen molar-refractivity contribution in [3.8, 4) is 0 Å². The van der Waals surface area contributed by atoms with Crippen LogP contribution in [0.3, 0.4) is 0 Å². The highest BCUT2D eigenvalue weighted by molar-refractivity contribution is 6.61. The van der Waals surface area contributed by atoms with Gasteiger partial charge >= 0.3 is 7.12 Å². The molecule has 1 aliphatic rings. The quantitative estimate of drug-likeness (QED) is 0.365. The molecule has 134 valence electrons. The Hall–Kier alpha value is -2.51. The minimum Gasteiger partial charge on any atom is -0.407 e. The van der Waals surface area contributed by atoms with Gasteiger partial charge in [0.15, 0.2) is 5.78 Å². The second-order valence-electron chi connectivity index (χ2n) is 7.14. The number of Topliss-reactive ketones (excluding diaryl/α,β-unsaturated/α-hetero) is 1. The van der Waals surface area contributed by atoms with Crippen LogP contribution in [0.15, 0.2) is 48.5 Å². The summed E-state index contributed by atoms with van der Waals surface area (Å²) in [6.07, 6.45) is -0.490. The van der Waals surface area contributed by atoms with Gasteiger partial charge < -0.3 is 9.31 Å². The molecule has 1 saturated heterocycles. The van der Waals surface area contributed by atoms with Crippen LogP contribution in [0.1, 0.15) is 42.8 Å². The molecule has 26 heavy (non-hydrogen) atoms. The largest absolute Gasteiger partial charge is 0.494 e. The molecule has 2 aromatic rings. The van der Waals surface area contributed by atoms with E-state index in [9.17, 15) is 14.9 Å². The summed E-state index contributed by atoms with van der Waals surface area (Å²) in [6.45, 7) is 5.82. The molecule has 2 aromatic carbocycles. The zero-order valence-corrected chi connectivity index (χ0v) is 15.0. The fourth-order valence-corrected chi connectivity index (χ4v) is 3.13. The summed E-state index contributed by atoms with van der Waals surface area (Å²) < 4.78 is 12.0. The van der Waals surface area contributed by atoms with Crippen molar-refractivity contribution in [2.45, 2.75) is 26.9 Å². The van der Waals surface area contributed by atoms with Crippen LogP contribution in [0.4, 0.5) is 5.69 Å². The molecule has 6 nitrogen and oxygen atoms in total. The summed E-state index contributed by atoms with van der Waals surface area (Å²) in [4.78, 5) is 22.5. The van der Waals surface area contributed by atoms with Crippen molar-refractivity contribution in [3.63, 3.8) is 0 Å². The number of ketones is 1. The van der Waals surface area contributed by atoms with Crippen molar-refractivity contribution < 1.29 is 19.0 Å². The van der Waals surface area contributed by atoms with E-state index in [1.165, 1.54) is 13.0 Å². The number of nitrogens with zero attached hydrogens (tertiary/aromatic N) is 1. The lowest BCUT2D eigenvalue weighted by Crippen LogP contribution is -2.49. The van der Waals surface area contributed by atoms with Crippen LogP contribution in [0.5, 0.6) is 0 Å². The van der Waals surface area contributed by atoms with E-state index in [2.05, 4.69) is 0 Å². The van der Waals surface area contributed by atoms with Gasteiger partial charge in [0.1, 0.15) is 0 Å². The molecule has 0 radical (unpaired) electrons. The first kappa shape index (κ1) is 18.3. The van der Waals surface area contributed by atoms with Crippen molar-refractivity contribution >= 4 is 24.1 Å². The lowest BCUT2D eigenvalue weighted by atomic mass is 9.72. The van der Waals surface area contributed by atoms with E-state index in [1.54, 1.807) is 42.5 Å². The van der Waals surface area contributed by atoms with E-state index < -0.39 is 18.6 Å². The highest BCUT2D eigenvalue weighted by atomic mass is 16.6. The number of rotatable bonds is 4. The fraction of sp³-hybridized carbons (Fsp3) is 0.316. The van der Waals surface area contributed by atoms with Gasteiger partial charge in [-0.05, 0) is 18.5 Å². The molecule has 0 saturated carbocycles. The first-order valence-corrected chi connectivity index (χ1v) is 8.41. The van der Waals surface area contributed by atoms with Crippen molar-refractivity contribution in [1.29, 1.82) is 0 Å². The van der Waals surface area contributed by atoms with Crippen LogP contribution in [-0.4, -0.2) is 24.4 Å². The summed E-state index contributed by atoms with van der Waals surface area (Å²) in [6, 6.07) is 13.7. The second kappa shape index (κ2) is 7.01. The van der Waals surface area contributed by atoms with Gasteiger partial charge in [0.05, 0.1) is 16.6 Å². The van der Waals surface area contributed by atoms with Gasteiger partial charge in [0.2, 0.25) is 0 Å². The zero-order valence-electron chi connectivity index (χ0n) is 15.0. The maximum Gasteiger partial charge on any atom is 0.494 e. The number of nitro benzene ring substituents is 1. The normalized spacial score (nSPS) is 19.2. The lowest BCUT2D eigenvalue weighted by Gasteiger charge is -2.41. The Morgan fingerprint density at radius 3 is 2.46 bits per heavy atom. The molecule has 7 heteroatoms. The third-order valence-corrected chi connectivity index (χ3v) is 4.58. The maximum atomic E-state index is 11.4. The standard InChI is InChI=1S/C19H20BNO5/c1-13(22)14-8-10-15(11-9-14)20-25-12-19(2,3)18(26-20)16-6-4-5-7-17(16)21(23)24/h4-11,18H,12H2,1-3H3. The molecule has 0 N–H and O–H groups in total. The van der Waals surface area contributed by atoms with Gasteiger partial charge in [-0.3, -0.25) is 14.9 Å². The Balaban J connectivity index is 1.93. The third-order valence-electron chi connectivity index (χ3n) is 4.58. The Kier molecular flexibility index (Phi) is 4.93. The van der Waals surface area contributed by atoms with Gasteiger partial charge in [0, 0.05) is 23.7 Å². The number of para-hydroxylation sites is 1. The average Bonchev–Trinajstić information content (AvgIpc) is 2.61. The van der Waals surface area contributed by atoms with Gasteiger partial charge in [-0.25, -0.2) is 0 Å². The molecule has 0 aromatic heterocycles. The highest BCUT2D eigenvalue weighted by Gasteiger charge is 2.44. The SMILES string of the molecule is CC(=O)c1ccc(B2OCC(C)(C)C(c3ccccc3[N+](=O)[O-])O2)cc1. The van der Waals surface area contributed by atoms with E-state index in [1.807, 2.05) is 13.8 Å². The fourth-order valence-electron chi connectivity index (χ4n) is 3.13. The molecule has 1 heterocycles. The molecular weight excluding hydrogens is 333 g/mol. The molecule has 0 amide bonds. The number of hydrogen-bond acceptors (Lipinski definition) is 5. The van der Waals surface area contributed by atoms with Crippen LogP contribution < -0.4 is 5.46 Å². The highest BCUT2D eigenvalue weighted by Crippen LogP contribution is 2.43. The van der Waals surface area contributed by atoms with E-state index >= 15 is 0 Å². The average molecular weight is 353 g/mol. The van der Waals surface area contributed by atoms with Crippen molar-refractivity contribution in [2.75, 3.05) is 6.61 Å². The zero-order chi connectivity index (χ0) is 18.9. The Morgan fingerprint density at radius 1 is 1.19 bits per heavy atom. The second-order valence-corrected chi connectivity index (χ2v) is 7.14. The molecule has 0 bridgehead atoms. The molecule has 0 aliphatic carbocycles. The summed E-state index contributed by atoms with van der Waals surface area (Å²) in [5.74, 6) is -0.0130. The molecule has 1 atom stereocenters. The first-order valence-electron chi connectivity index (χ1n) is 8.41. The third kappa shape index (κ3) is 3.54. The van der Waals surface area contributed by atoms with Gasteiger partial charge in [-0.1, -0.05) is 50.2 Å². The first-order chi connectivity index (χ1) is 12.3. The molecule has 3 rings (SSSR count). The Labute approximate surface area is 152 Å². The number of hydrogen-bond donors (Lipinski definition) is 0. The van der Waals surface area contributed by atoms with Crippen molar-refractivity contribution in [3.05, 3.63) is 69.8 Å². The summed E-state index contributed by atoms with van der Waals surface area (Å²) in [5, 5.41) is 11.4. The monoisotopic (exact) mass is 353 g/mol. The van der Waals surface area contributed by atoms with Gasteiger partial charge in [0.25, 0.3) is 5.69 Å². The molecular formula is C19H20BNO5. The predicted molar refractivity (Wildman–Crippen MR) is 98.5 cm³/mol. The summed E-state index contributed by atoms with van der Waals surface area (Å²) in [5.41, 5.74) is 1.53. The van der Waals surface area contributed by atoms with E-state index in [0.717, 1.165) is 5.46 Å². The number of benzene rings is 2. The summed E-state index contributed by atoms with van der Waals surface area (Å²) in [7, 11) is -0.645. The molecule has 0 spiro atoms. The van der Waals surface area contributed by atoms with Crippen LogP contribution in [-0.2, 0) is 9.31 Å². The van der Waals surface area contributed by atoms with E-state index in [-0.39, 0.29) is 16.4 Å². The van der Waals surface area contributed by atoms with Gasteiger partial charge in [-0.15, -0.1) is 0 Å².